The van der Waals surface area contributed by atoms with Crippen LogP contribution in [0.2, 0.25) is 0 Å². The van der Waals surface area contributed by atoms with Crippen molar-refractivity contribution in [2.45, 2.75) is 32.7 Å². The van der Waals surface area contributed by atoms with Gasteiger partial charge in [-0.15, -0.1) is 16.8 Å². The van der Waals surface area contributed by atoms with Crippen LogP contribution in [0.15, 0.2) is 165 Å². The smallest absolute Gasteiger partial charge is 0.224 e. The van der Waals surface area contributed by atoms with Crippen LogP contribution in [0.1, 0.15) is 33.4 Å². The van der Waals surface area contributed by atoms with E-state index in [1.54, 1.807) is 103 Å². The summed E-state index contributed by atoms with van der Waals surface area (Å²) >= 11 is 0. The van der Waals surface area contributed by atoms with Gasteiger partial charge in [0.05, 0.1) is 32.4 Å². The van der Waals surface area contributed by atoms with Gasteiger partial charge in [0.25, 0.3) is 0 Å². The Morgan fingerprint density at radius 3 is 1.21 bits per heavy atom. The van der Waals surface area contributed by atoms with Crippen molar-refractivity contribution < 1.29 is 34.0 Å². The molecule has 0 fully saturated rings. The third-order valence-corrected chi connectivity index (χ3v) is 13.5. The molecule has 1 N–H and O–H groups in total. The Bertz CT molecular complexity index is 2730. The van der Waals surface area contributed by atoms with Crippen molar-refractivity contribution in [2.24, 2.45) is 0 Å². The van der Waals surface area contributed by atoms with Gasteiger partial charge in [-0.25, -0.2) is 39.5 Å². The highest BCUT2D eigenvalue weighted by Gasteiger charge is 2.26. The number of nitrogens with one attached hydrogen (secondary N) is 1. The quantitative estimate of drug-likeness (QED) is 0.0860. The van der Waals surface area contributed by atoms with Crippen LogP contribution in [0.5, 0.6) is 0 Å². The SMILES string of the molecule is CS(=O)(=O)N(Cc1ccccc1S(=O)(=O)c1ccc(C=Cc2ccc(F)cc2)cc1)NCc1ccccc1S(=O)(=O)c1ccc(C=Cc2ccc(F)cc2)cc1.Cl. The average Bonchev–Trinajstić information content (AvgIpc) is 3.19. The number of sulfonamides is 1. The second-order valence-corrected chi connectivity index (χ2v) is 18.5. The number of hydrogen-bond donors (Lipinski definition) is 1. The summed E-state index contributed by atoms with van der Waals surface area (Å²) in [6, 6.07) is 36.6. The summed E-state index contributed by atoms with van der Waals surface area (Å²) in [5, 5.41) is 0. The molecule has 0 heterocycles. The predicted octanol–water partition coefficient (Wildman–Crippen LogP) is 8.86. The van der Waals surface area contributed by atoms with E-state index in [4.69, 9.17) is 0 Å². The maximum absolute atomic E-state index is 13.9. The summed E-state index contributed by atoms with van der Waals surface area (Å²) in [5.41, 5.74) is 6.28. The Labute approximate surface area is 338 Å². The number of rotatable bonds is 14. The van der Waals surface area contributed by atoms with Crippen LogP contribution in [0.3, 0.4) is 0 Å². The fraction of sp³-hybridized carbons (Fsp3) is 0.0698. The summed E-state index contributed by atoms with van der Waals surface area (Å²) in [7, 11) is -12.2. The Morgan fingerprint density at radius 1 is 0.491 bits per heavy atom. The Hall–Kier alpha value is -5.28. The highest BCUT2D eigenvalue weighted by atomic mass is 35.5. The second-order valence-electron chi connectivity index (χ2n) is 12.7. The largest absolute Gasteiger partial charge is 0.237 e. The fourth-order valence-corrected chi connectivity index (χ4v) is 9.38. The summed E-state index contributed by atoms with van der Waals surface area (Å²) < 4.78 is 109. The number of halogens is 3. The Morgan fingerprint density at radius 2 is 0.825 bits per heavy atom. The maximum atomic E-state index is 13.9. The van der Waals surface area contributed by atoms with E-state index in [9.17, 15) is 34.0 Å². The fourth-order valence-electron chi connectivity index (χ4n) is 5.73. The summed E-state index contributed by atoms with van der Waals surface area (Å²) in [6.45, 7) is -0.600. The van der Waals surface area contributed by atoms with Crippen LogP contribution in [0.25, 0.3) is 24.3 Å². The van der Waals surface area contributed by atoms with Crippen LogP contribution in [-0.4, -0.2) is 35.9 Å². The van der Waals surface area contributed by atoms with Gasteiger partial charge in [0.1, 0.15) is 11.6 Å². The molecule has 0 saturated carbocycles. The molecule has 0 atom stereocenters. The van der Waals surface area contributed by atoms with Crippen molar-refractivity contribution in [1.82, 2.24) is 9.84 Å². The zero-order valence-electron chi connectivity index (χ0n) is 30.4. The molecule has 0 aliphatic rings. The van der Waals surface area contributed by atoms with Gasteiger partial charge in [-0.2, -0.15) is 0 Å². The highest BCUT2D eigenvalue weighted by Crippen LogP contribution is 2.28. The van der Waals surface area contributed by atoms with Crippen LogP contribution >= 0.6 is 12.4 Å². The zero-order valence-corrected chi connectivity index (χ0v) is 33.6. The third kappa shape index (κ3) is 10.8. The second kappa shape index (κ2) is 18.3. The normalized spacial score (nSPS) is 12.3. The molecule has 6 rings (SSSR count). The lowest BCUT2D eigenvalue weighted by Crippen LogP contribution is -2.41. The van der Waals surface area contributed by atoms with Crippen molar-refractivity contribution in [1.29, 1.82) is 0 Å². The van der Waals surface area contributed by atoms with Crippen molar-refractivity contribution in [3.8, 4) is 0 Å². The van der Waals surface area contributed by atoms with Gasteiger partial charge in [0.15, 0.2) is 0 Å². The Balaban J connectivity index is 0.00000620. The molecule has 0 bridgehead atoms. The minimum absolute atomic E-state index is 0. The topological polar surface area (TPSA) is 118 Å². The molecule has 0 radical (unpaired) electrons. The first-order valence-electron chi connectivity index (χ1n) is 17.1. The van der Waals surface area contributed by atoms with Crippen LogP contribution in [0.4, 0.5) is 8.78 Å². The minimum Gasteiger partial charge on any atom is -0.237 e. The molecule has 294 valence electrons. The van der Waals surface area contributed by atoms with Gasteiger partial charge in [-0.1, -0.05) is 109 Å². The molecule has 6 aromatic carbocycles. The molecule has 8 nitrogen and oxygen atoms in total. The van der Waals surface area contributed by atoms with Gasteiger partial charge >= 0.3 is 0 Å². The summed E-state index contributed by atoms with van der Waals surface area (Å²) in [4.78, 5) is -0.0998. The number of hydrazine groups is 1. The molecule has 6 aromatic rings. The van der Waals surface area contributed by atoms with Gasteiger partial charge in [-0.05, 0) is 94.0 Å². The van der Waals surface area contributed by atoms with E-state index >= 15 is 0 Å². The van der Waals surface area contributed by atoms with Crippen LogP contribution in [-0.2, 0) is 42.8 Å². The number of sulfone groups is 2. The van der Waals surface area contributed by atoms with E-state index in [0.717, 1.165) is 27.4 Å². The Kier molecular flexibility index (Phi) is 13.8. The molecule has 14 heteroatoms. The first-order valence-corrected chi connectivity index (χ1v) is 22.0. The summed E-state index contributed by atoms with van der Waals surface area (Å²) in [6.07, 6.45) is 8.06. The van der Waals surface area contributed by atoms with E-state index in [0.29, 0.717) is 5.56 Å². The van der Waals surface area contributed by atoms with Crippen LogP contribution in [0, 0.1) is 11.6 Å². The summed E-state index contributed by atoms with van der Waals surface area (Å²) in [5.74, 6) is -0.695. The standard InChI is InChI=1S/C43H36F2N2O6S3.ClH/c1-54(48,49)47(31-37-7-3-5-9-43(37)56(52,53)41-28-20-35(21-29-41)13-11-33-16-24-39(45)25-17-33)46-30-36-6-2-4-8-42(36)55(50,51)40-26-18-34(19-27-40)12-10-32-14-22-38(44)23-15-32;/h2-29,46H,30-31H2,1H3;1H. The highest BCUT2D eigenvalue weighted by molar-refractivity contribution is 7.92. The lowest BCUT2D eigenvalue weighted by molar-refractivity contribution is 0.304. The molecule has 0 amide bonds. The van der Waals surface area contributed by atoms with Crippen molar-refractivity contribution >= 4 is 66.4 Å². The van der Waals surface area contributed by atoms with Crippen LogP contribution < -0.4 is 5.43 Å². The third-order valence-electron chi connectivity index (χ3n) is 8.74. The zero-order chi connectivity index (χ0) is 39.9. The predicted molar refractivity (Wildman–Crippen MR) is 222 cm³/mol. The first-order chi connectivity index (χ1) is 26.7. The van der Waals surface area contributed by atoms with Gasteiger partial charge < -0.3 is 0 Å². The molecule has 0 aromatic heterocycles. The number of nitrogens with zero attached hydrogens (tertiary/aromatic N) is 1. The van der Waals surface area contributed by atoms with E-state index in [1.165, 1.54) is 66.7 Å². The van der Waals surface area contributed by atoms with Gasteiger partial charge in [-0.3, -0.25) is 0 Å². The lowest BCUT2D eigenvalue weighted by atomic mass is 10.1. The van der Waals surface area contributed by atoms with Crippen molar-refractivity contribution in [3.63, 3.8) is 0 Å². The van der Waals surface area contributed by atoms with Gasteiger partial charge in [0.2, 0.25) is 29.7 Å². The molecule has 0 aliphatic carbocycles. The van der Waals surface area contributed by atoms with E-state index in [-0.39, 0.29) is 67.8 Å². The van der Waals surface area contributed by atoms with E-state index in [2.05, 4.69) is 5.43 Å². The number of hydrogen-bond acceptors (Lipinski definition) is 7. The van der Waals surface area contributed by atoms with E-state index < -0.39 is 29.7 Å². The molecule has 57 heavy (non-hydrogen) atoms. The molecule has 0 spiro atoms. The molecule has 0 saturated heterocycles. The maximum Gasteiger partial charge on any atom is 0.224 e. The average molecular weight is 847 g/mol. The molecular formula is C43H37ClF2N2O6S3. The number of benzene rings is 6. The first kappa shape index (κ1) is 42.9. The van der Waals surface area contributed by atoms with Gasteiger partial charge in [0, 0.05) is 6.54 Å². The lowest BCUT2D eigenvalue weighted by Gasteiger charge is -2.23. The molecular weight excluding hydrogens is 810 g/mol. The monoisotopic (exact) mass is 846 g/mol. The van der Waals surface area contributed by atoms with E-state index in [1.807, 2.05) is 0 Å². The van der Waals surface area contributed by atoms with Crippen molar-refractivity contribution in [3.05, 3.63) is 191 Å². The molecule has 0 unspecified atom stereocenters. The minimum atomic E-state index is -4.11. The molecule has 0 aliphatic heterocycles. The van der Waals surface area contributed by atoms with Crippen molar-refractivity contribution in [2.75, 3.05) is 6.26 Å².